The highest BCUT2D eigenvalue weighted by Gasteiger charge is 2.29. The molecule has 174 valence electrons. The summed E-state index contributed by atoms with van der Waals surface area (Å²) >= 11 is 3.40. The van der Waals surface area contributed by atoms with Crippen molar-refractivity contribution in [2.24, 2.45) is 5.10 Å². The molecule has 9 heteroatoms. The van der Waals surface area contributed by atoms with Crippen molar-refractivity contribution in [3.63, 3.8) is 0 Å². The van der Waals surface area contributed by atoms with Crippen LogP contribution in [0.3, 0.4) is 0 Å². The molecule has 0 bridgehead atoms. The number of para-hydroxylation sites is 1. The number of amides is 1. The Morgan fingerprint density at radius 1 is 1.03 bits per heavy atom. The van der Waals surface area contributed by atoms with E-state index in [0.29, 0.717) is 27.0 Å². The van der Waals surface area contributed by atoms with Gasteiger partial charge in [0.15, 0.2) is 11.5 Å². The van der Waals surface area contributed by atoms with Gasteiger partial charge < -0.3 is 8.92 Å². The first-order chi connectivity index (χ1) is 16.3. The molecular formula is C25H21BrN2O5S. The molecule has 3 aromatic rings. The topological polar surface area (TPSA) is 85.3 Å². The second kappa shape index (κ2) is 9.82. The minimum absolute atomic E-state index is 0.0277. The molecule has 0 saturated carbocycles. The minimum Gasteiger partial charge on any atom is -0.490 e. The van der Waals surface area contributed by atoms with Crippen LogP contribution in [0.15, 0.2) is 92.8 Å². The Labute approximate surface area is 206 Å². The molecule has 0 spiro atoms. The summed E-state index contributed by atoms with van der Waals surface area (Å²) in [7, 11) is -4.07. The lowest BCUT2D eigenvalue weighted by Gasteiger charge is -2.15. The van der Waals surface area contributed by atoms with E-state index < -0.39 is 10.1 Å². The Hall–Kier alpha value is -3.43. The van der Waals surface area contributed by atoms with Crippen LogP contribution in [0.1, 0.15) is 19.4 Å². The standard InChI is InChI=1S/C25H21BrN2O5S/c1-3-32-23-16-18(14-21-17(2)27-28(25(21)29)19-10-6-4-7-11-19)15-22(26)24(23)33-34(30,31)20-12-8-5-9-13-20/h4-16H,3H2,1-2H3/b21-14+. The SMILES string of the molecule is CCOc1cc(/C=C2/C(=O)N(c3ccccc3)N=C2C)cc(Br)c1OS(=O)(=O)c1ccccc1. The van der Waals surface area contributed by atoms with Crippen LogP contribution in [0.4, 0.5) is 5.69 Å². The molecule has 0 aliphatic carbocycles. The fourth-order valence-electron chi connectivity index (χ4n) is 3.36. The molecule has 0 fully saturated rings. The van der Waals surface area contributed by atoms with Crippen molar-refractivity contribution in [2.45, 2.75) is 18.7 Å². The summed E-state index contributed by atoms with van der Waals surface area (Å²) in [4.78, 5) is 13.1. The van der Waals surface area contributed by atoms with E-state index in [9.17, 15) is 13.2 Å². The van der Waals surface area contributed by atoms with E-state index in [-0.39, 0.29) is 28.9 Å². The lowest BCUT2D eigenvalue weighted by molar-refractivity contribution is -0.114. The molecule has 0 N–H and O–H groups in total. The van der Waals surface area contributed by atoms with Crippen LogP contribution in [-0.2, 0) is 14.9 Å². The molecule has 7 nitrogen and oxygen atoms in total. The average Bonchev–Trinajstić information content (AvgIpc) is 3.11. The van der Waals surface area contributed by atoms with Crippen LogP contribution in [-0.4, -0.2) is 26.6 Å². The van der Waals surface area contributed by atoms with Crippen molar-refractivity contribution < 1.29 is 22.1 Å². The molecule has 1 aliphatic rings. The van der Waals surface area contributed by atoms with Gasteiger partial charge in [-0.05, 0) is 77.8 Å². The highest BCUT2D eigenvalue weighted by atomic mass is 79.9. The fourth-order valence-corrected chi connectivity index (χ4v) is 4.98. The summed E-state index contributed by atoms with van der Waals surface area (Å²) in [6, 6.07) is 20.3. The number of carbonyl (C=O) groups excluding carboxylic acids is 1. The van der Waals surface area contributed by atoms with Gasteiger partial charge in [0.25, 0.3) is 5.91 Å². The van der Waals surface area contributed by atoms with Gasteiger partial charge in [-0.25, -0.2) is 0 Å². The summed E-state index contributed by atoms with van der Waals surface area (Å²) in [6.07, 6.45) is 1.69. The summed E-state index contributed by atoms with van der Waals surface area (Å²) < 4.78 is 37.0. The van der Waals surface area contributed by atoms with Crippen molar-refractivity contribution >= 4 is 49.4 Å². The van der Waals surface area contributed by atoms with Gasteiger partial charge in [0.05, 0.1) is 28.1 Å². The van der Waals surface area contributed by atoms with E-state index in [4.69, 9.17) is 8.92 Å². The Morgan fingerprint density at radius 2 is 1.68 bits per heavy atom. The first kappa shape index (κ1) is 23.7. The Balaban J connectivity index is 1.69. The van der Waals surface area contributed by atoms with Crippen LogP contribution in [0.25, 0.3) is 6.08 Å². The summed E-state index contributed by atoms with van der Waals surface area (Å²) in [6.45, 7) is 3.83. The van der Waals surface area contributed by atoms with E-state index in [0.717, 1.165) is 0 Å². The molecule has 0 saturated heterocycles. The lowest BCUT2D eigenvalue weighted by atomic mass is 10.1. The number of hydrogen-bond donors (Lipinski definition) is 0. The van der Waals surface area contributed by atoms with Crippen LogP contribution in [0, 0.1) is 0 Å². The zero-order valence-electron chi connectivity index (χ0n) is 18.4. The molecule has 3 aromatic carbocycles. The van der Waals surface area contributed by atoms with Crippen LogP contribution >= 0.6 is 15.9 Å². The van der Waals surface area contributed by atoms with E-state index in [1.165, 1.54) is 17.1 Å². The quantitative estimate of drug-likeness (QED) is 0.295. The van der Waals surface area contributed by atoms with Gasteiger partial charge in [-0.2, -0.15) is 18.5 Å². The second-order valence-corrected chi connectivity index (χ2v) is 9.71. The number of nitrogens with zero attached hydrogens (tertiary/aromatic N) is 2. The molecule has 4 rings (SSSR count). The van der Waals surface area contributed by atoms with Crippen molar-refractivity contribution in [1.82, 2.24) is 0 Å². The molecule has 1 amide bonds. The van der Waals surface area contributed by atoms with Gasteiger partial charge in [0.1, 0.15) is 4.90 Å². The van der Waals surface area contributed by atoms with E-state index >= 15 is 0 Å². The number of benzene rings is 3. The first-order valence-corrected chi connectivity index (χ1v) is 12.6. The van der Waals surface area contributed by atoms with Gasteiger partial charge in [0, 0.05) is 0 Å². The number of hydrogen-bond acceptors (Lipinski definition) is 6. The number of carbonyl (C=O) groups is 1. The predicted octanol–water partition coefficient (Wildman–Crippen LogP) is 5.42. The smallest absolute Gasteiger partial charge is 0.339 e. The molecule has 0 atom stereocenters. The molecule has 0 unspecified atom stereocenters. The maximum atomic E-state index is 13.0. The summed E-state index contributed by atoms with van der Waals surface area (Å²) in [5.41, 5.74) is 2.27. The molecule has 1 heterocycles. The van der Waals surface area contributed by atoms with Gasteiger partial charge in [-0.15, -0.1) is 0 Å². The summed E-state index contributed by atoms with van der Waals surface area (Å²) in [5, 5.41) is 5.73. The zero-order chi connectivity index (χ0) is 24.3. The minimum atomic E-state index is -4.07. The molecule has 1 aliphatic heterocycles. The highest BCUT2D eigenvalue weighted by molar-refractivity contribution is 9.10. The number of ether oxygens (including phenoxy) is 1. The maximum absolute atomic E-state index is 13.0. The van der Waals surface area contributed by atoms with Gasteiger partial charge in [0.2, 0.25) is 0 Å². The molecule has 34 heavy (non-hydrogen) atoms. The van der Waals surface area contributed by atoms with Crippen LogP contribution < -0.4 is 13.9 Å². The zero-order valence-corrected chi connectivity index (χ0v) is 20.8. The number of halogens is 1. The lowest BCUT2D eigenvalue weighted by Crippen LogP contribution is -2.21. The van der Waals surface area contributed by atoms with Crippen molar-refractivity contribution in [1.29, 1.82) is 0 Å². The van der Waals surface area contributed by atoms with Gasteiger partial charge in [-0.1, -0.05) is 36.4 Å². The van der Waals surface area contributed by atoms with Crippen LogP contribution in [0.5, 0.6) is 11.5 Å². The Morgan fingerprint density at radius 3 is 2.32 bits per heavy atom. The van der Waals surface area contributed by atoms with E-state index in [1.807, 2.05) is 18.2 Å². The Bertz CT molecular complexity index is 1390. The average molecular weight is 541 g/mol. The normalized spacial score (nSPS) is 14.9. The van der Waals surface area contributed by atoms with Gasteiger partial charge >= 0.3 is 10.1 Å². The third-order valence-corrected chi connectivity index (χ3v) is 6.76. The first-order valence-electron chi connectivity index (χ1n) is 10.4. The van der Waals surface area contributed by atoms with Crippen molar-refractivity contribution in [2.75, 3.05) is 11.6 Å². The maximum Gasteiger partial charge on any atom is 0.339 e. The van der Waals surface area contributed by atoms with Crippen LogP contribution in [0.2, 0.25) is 0 Å². The number of rotatable bonds is 7. The van der Waals surface area contributed by atoms with E-state index in [2.05, 4.69) is 21.0 Å². The van der Waals surface area contributed by atoms with E-state index in [1.54, 1.807) is 62.4 Å². The second-order valence-electron chi connectivity index (χ2n) is 7.31. The van der Waals surface area contributed by atoms with Crippen molar-refractivity contribution in [3.05, 3.63) is 88.4 Å². The largest absolute Gasteiger partial charge is 0.490 e. The predicted molar refractivity (Wildman–Crippen MR) is 135 cm³/mol. The number of anilines is 1. The molecule has 0 aromatic heterocycles. The summed E-state index contributed by atoms with van der Waals surface area (Å²) in [5.74, 6) is -0.00477. The third-order valence-electron chi connectivity index (χ3n) is 4.93. The monoisotopic (exact) mass is 540 g/mol. The fraction of sp³-hybridized carbons (Fsp3) is 0.120. The van der Waals surface area contributed by atoms with Crippen molar-refractivity contribution in [3.8, 4) is 11.5 Å². The molecular weight excluding hydrogens is 520 g/mol. The molecule has 0 radical (unpaired) electrons. The number of hydrazone groups is 1. The third kappa shape index (κ3) is 4.90. The Kier molecular flexibility index (Phi) is 6.85. The highest BCUT2D eigenvalue weighted by Crippen LogP contribution is 2.39. The van der Waals surface area contributed by atoms with Gasteiger partial charge in [-0.3, -0.25) is 4.79 Å².